The van der Waals surface area contributed by atoms with E-state index in [9.17, 15) is 23.1 Å². The van der Waals surface area contributed by atoms with Crippen molar-refractivity contribution in [2.75, 3.05) is 26.7 Å². The van der Waals surface area contributed by atoms with Crippen LogP contribution in [0.25, 0.3) is 10.9 Å². The summed E-state index contributed by atoms with van der Waals surface area (Å²) in [5.41, 5.74) is 7.60. The molecule has 2 aromatic carbocycles. The number of likely N-dealkylation sites (tertiary alicyclic amines) is 1. The molecule has 4 rings (SSSR count). The molecule has 1 saturated heterocycles. The number of nitrogens with two attached hydrogens (primary N) is 1. The Kier molecular flexibility index (Phi) is 8.31. The molecule has 0 saturated carbocycles. The van der Waals surface area contributed by atoms with E-state index in [0.29, 0.717) is 54.6 Å². The minimum Gasteiger partial charge on any atom is -0.497 e. The number of carboxylic acid groups (broad SMARTS) is 1. The van der Waals surface area contributed by atoms with Crippen LogP contribution in [0.4, 0.5) is 13.2 Å². The minimum atomic E-state index is -0.909. The van der Waals surface area contributed by atoms with Crippen molar-refractivity contribution in [2.45, 2.75) is 25.3 Å². The third-order valence-electron chi connectivity index (χ3n) is 6.84. The molecular weight excluding hydrogens is 483 g/mol. The zero-order valence-electron chi connectivity index (χ0n) is 20.4. The van der Waals surface area contributed by atoms with Gasteiger partial charge in [-0.1, -0.05) is 11.8 Å². The molecule has 0 spiro atoms. The number of hydrogen-bond acceptors (Lipinski definition) is 5. The number of fused-ring (bicyclic) bond motifs is 1. The summed E-state index contributed by atoms with van der Waals surface area (Å²) >= 11 is 0. The number of pyridine rings is 1. The highest BCUT2D eigenvalue weighted by atomic mass is 19.1. The van der Waals surface area contributed by atoms with Gasteiger partial charge in [-0.05, 0) is 62.1 Å². The molecule has 1 fully saturated rings. The van der Waals surface area contributed by atoms with Crippen LogP contribution in [0.3, 0.4) is 0 Å². The van der Waals surface area contributed by atoms with Crippen molar-refractivity contribution >= 4 is 16.9 Å². The number of ether oxygens (including phenoxy) is 1. The minimum absolute atomic E-state index is 0.129. The van der Waals surface area contributed by atoms with Gasteiger partial charge in [0.05, 0.1) is 31.3 Å². The molecule has 2 heterocycles. The highest BCUT2D eigenvalue weighted by molar-refractivity contribution is 5.84. The summed E-state index contributed by atoms with van der Waals surface area (Å²) in [6.07, 6.45) is 2.70. The molecule has 6 nitrogen and oxygen atoms in total. The number of nitrogens with zero attached hydrogens (tertiary/aromatic N) is 2. The maximum atomic E-state index is 14.8. The Morgan fingerprint density at radius 1 is 1.24 bits per heavy atom. The lowest BCUT2D eigenvalue weighted by Crippen LogP contribution is -2.44. The van der Waals surface area contributed by atoms with Gasteiger partial charge in [0.2, 0.25) is 0 Å². The van der Waals surface area contributed by atoms with Gasteiger partial charge in [-0.2, -0.15) is 0 Å². The van der Waals surface area contributed by atoms with Crippen LogP contribution >= 0.6 is 0 Å². The first kappa shape index (κ1) is 26.5. The monoisotopic (exact) mass is 511 g/mol. The first-order chi connectivity index (χ1) is 17.7. The zero-order chi connectivity index (χ0) is 26.5. The number of aliphatic carboxylic acids is 1. The molecule has 3 atom stereocenters. The number of benzene rings is 2. The van der Waals surface area contributed by atoms with Gasteiger partial charge in [0.1, 0.15) is 23.2 Å². The number of hydrogen-bond donors (Lipinski definition) is 2. The number of aromatic nitrogens is 1. The summed E-state index contributed by atoms with van der Waals surface area (Å²) in [7, 11) is 1.53. The van der Waals surface area contributed by atoms with Gasteiger partial charge in [-0.25, -0.2) is 13.2 Å². The molecule has 0 unspecified atom stereocenters. The van der Waals surface area contributed by atoms with Crippen molar-refractivity contribution < 1.29 is 27.8 Å². The molecule has 0 aliphatic carbocycles. The van der Waals surface area contributed by atoms with E-state index in [1.807, 2.05) is 4.90 Å². The molecule has 9 heteroatoms. The third kappa shape index (κ3) is 6.40. The number of carboxylic acids is 1. The van der Waals surface area contributed by atoms with Crippen LogP contribution in [-0.2, 0) is 4.79 Å². The van der Waals surface area contributed by atoms with Crippen LogP contribution in [-0.4, -0.2) is 47.7 Å². The summed E-state index contributed by atoms with van der Waals surface area (Å²) in [5.74, 6) is 2.60. The Labute approximate surface area is 213 Å². The quantitative estimate of drug-likeness (QED) is 0.454. The fourth-order valence-electron chi connectivity index (χ4n) is 4.93. The maximum absolute atomic E-state index is 14.8. The van der Waals surface area contributed by atoms with Crippen LogP contribution in [0.5, 0.6) is 5.75 Å². The molecule has 1 aliphatic rings. The van der Waals surface area contributed by atoms with Crippen LogP contribution in [0.1, 0.15) is 36.4 Å². The second-order valence-corrected chi connectivity index (χ2v) is 9.28. The second kappa shape index (κ2) is 11.6. The Balaban J connectivity index is 1.41. The van der Waals surface area contributed by atoms with Crippen LogP contribution in [0, 0.1) is 41.1 Å². The van der Waals surface area contributed by atoms with Crippen molar-refractivity contribution in [1.29, 1.82) is 0 Å². The molecule has 0 radical (unpaired) electrons. The average molecular weight is 512 g/mol. The topological polar surface area (TPSA) is 88.7 Å². The standard InChI is InChI=1S/C28H28F3N3O3/c1-37-21-5-7-26-22(14-21)27(24(31)15-33-26)25(32)6-4-18-8-10-34(16-23(18)28(35)36)9-2-3-17-11-19(29)13-20(30)12-17/h5,7,11-15,18,23,25H,4,6,8-10,16,32H2,1H3,(H,35,36)/t18-,23+,25-/m0/s1. The first-order valence-electron chi connectivity index (χ1n) is 12.0. The van der Waals surface area contributed by atoms with E-state index < -0.39 is 35.4 Å². The predicted molar refractivity (Wildman–Crippen MR) is 133 cm³/mol. The first-order valence-corrected chi connectivity index (χ1v) is 12.0. The zero-order valence-corrected chi connectivity index (χ0v) is 20.4. The predicted octanol–water partition coefficient (Wildman–Crippen LogP) is 4.52. The normalized spacial score (nSPS) is 18.7. The number of piperidine rings is 1. The van der Waals surface area contributed by atoms with Crippen LogP contribution in [0.15, 0.2) is 42.6 Å². The van der Waals surface area contributed by atoms with E-state index in [4.69, 9.17) is 10.5 Å². The Bertz CT molecular complexity index is 1330. The van der Waals surface area contributed by atoms with Crippen molar-refractivity contribution in [3.63, 3.8) is 0 Å². The van der Waals surface area contributed by atoms with Gasteiger partial charge in [0, 0.05) is 35.2 Å². The van der Waals surface area contributed by atoms with Gasteiger partial charge < -0.3 is 15.6 Å². The Morgan fingerprint density at radius 2 is 2.00 bits per heavy atom. The smallest absolute Gasteiger partial charge is 0.308 e. The maximum Gasteiger partial charge on any atom is 0.308 e. The van der Waals surface area contributed by atoms with E-state index in [0.717, 1.165) is 24.4 Å². The lowest BCUT2D eigenvalue weighted by atomic mass is 9.81. The molecular formula is C28H28F3N3O3. The van der Waals surface area contributed by atoms with Crippen molar-refractivity contribution in [1.82, 2.24) is 9.88 Å². The van der Waals surface area contributed by atoms with E-state index in [2.05, 4.69) is 16.8 Å². The number of methoxy groups -OCH3 is 1. The lowest BCUT2D eigenvalue weighted by molar-refractivity contribution is -0.146. The highest BCUT2D eigenvalue weighted by Crippen LogP contribution is 2.34. The summed E-state index contributed by atoms with van der Waals surface area (Å²) in [6.45, 7) is 1.20. The van der Waals surface area contributed by atoms with Gasteiger partial charge in [-0.15, -0.1) is 0 Å². The number of halogens is 3. The number of rotatable bonds is 7. The summed E-state index contributed by atoms with van der Waals surface area (Å²) < 4.78 is 46.7. The Hall–Kier alpha value is -3.61. The van der Waals surface area contributed by atoms with Crippen molar-refractivity contribution in [3.8, 4) is 17.6 Å². The second-order valence-electron chi connectivity index (χ2n) is 9.28. The van der Waals surface area contributed by atoms with E-state index >= 15 is 0 Å². The van der Waals surface area contributed by atoms with Crippen molar-refractivity contribution in [2.24, 2.45) is 17.6 Å². The summed E-state index contributed by atoms with van der Waals surface area (Å²) in [5, 5.41) is 10.4. The molecule has 194 valence electrons. The lowest BCUT2D eigenvalue weighted by Gasteiger charge is -2.36. The van der Waals surface area contributed by atoms with Crippen LogP contribution in [0.2, 0.25) is 0 Å². The van der Waals surface area contributed by atoms with Gasteiger partial charge in [-0.3, -0.25) is 14.7 Å². The van der Waals surface area contributed by atoms with Crippen molar-refractivity contribution in [3.05, 3.63) is 71.2 Å². The molecule has 0 amide bonds. The summed E-state index contributed by atoms with van der Waals surface area (Å²) in [4.78, 5) is 18.1. The number of carbonyl (C=O) groups is 1. The van der Waals surface area contributed by atoms with E-state index in [-0.39, 0.29) is 18.0 Å². The third-order valence-corrected chi connectivity index (χ3v) is 6.84. The Morgan fingerprint density at radius 3 is 2.70 bits per heavy atom. The van der Waals surface area contributed by atoms with Gasteiger partial charge in [0.25, 0.3) is 0 Å². The molecule has 0 bridgehead atoms. The fourth-order valence-corrected chi connectivity index (χ4v) is 4.93. The average Bonchev–Trinajstić information content (AvgIpc) is 2.86. The molecule has 1 aliphatic heterocycles. The summed E-state index contributed by atoms with van der Waals surface area (Å²) in [6, 6.07) is 7.64. The molecule has 37 heavy (non-hydrogen) atoms. The van der Waals surface area contributed by atoms with Crippen LogP contribution < -0.4 is 10.5 Å². The van der Waals surface area contributed by atoms with Gasteiger partial charge >= 0.3 is 5.97 Å². The van der Waals surface area contributed by atoms with E-state index in [1.54, 1.807) is 18.2 Å². The highest BCUT2D eigenvalue weighted by Gasteiger charge is 2.34. The molecule has 1 aromatic heterocycles. The molecule has 3 aromatic rings. The fraction of sp³-hybridized carbons (Fsp3) is 0.357. The largest absolute Gasteiger partial charge is 0.497 e. The SMILES string of the molecule is COc1ccc2ncc(F)c([C@@H](N)CC[C@H]3CCN(CC#Cc4cc(F)cc(F)c4)C[C@H]3C(=O)O)c2c1. The van der Waals surface area contributed by atoms with Gasteiger partial charge in [0.15, 0.2) is 0 Å². The molecule has 3 N–H and O–H groups in total. The van der Waals surface area contributed by atoms with E-state index in [1.165, 1.54) is 7.11 Å².